The Morgan fingerprint density at radius 1 is 1.50 bits per heavy atom. The number of benzene rings is 1. The lowest BCUT2D eigenvalue weighted by Crippen LogP contribution is -2.30. The summed E-state index contributed by atoms with van der Waals surface area (Å²) in [5, 5.41) is 13.5. The molecule has 1 unspecified atom stereocenters. The number of halogens is 1. The fourth-order valence-electron chi connectivity index (χ4n) is 2.37. The molecule has 1 fully saturated rings. The maximum atomic E-state index is 9.66. The zero-order valence-corrected chi connectivity index (χ0v) is 10.3. The monoisotopic (exact) mass is 239 g/mol. The van der Waals surface area contributed by atoms with E-state index in [0.717, 1.165) is 25.1 Å². The Morgan fingerprint density at radius 2 is 2.31 bits per heavy atom. The Hall–Kier alpha value is -0.730. The molecule has 0 amide bonds. The van der Waals surface area contributed by atoms with Crippen LogP contribution in [0.5, 0.6) is 5.75 Å². The topological polar surface area (TPSA) is 32.3 Å². The molecule has 16 heavy (non-hydrogen) atoms. The average Bonchev–Trinajstić information content (AvgIpc) is 2.27. The van der Waals surface area contributed by atoms with Gasteiger partial charge >= 0.3 is 0 Å². The number of nitrogens with one attached hydrogen (secondary N) is 1. The number of hydrogen-bond acceptors (Lipinski definition) is 2. The van der Waals surface area contributed by atoms with E-state index in [1.165, 1.54) is 18.4 Å². The van der Waals surface area contributed by atoms with Crippen LogP contribution in [0.4, 0.5) is 0 Å². The predicted octanol–water partition coefficient (Wildman–Crippen LogP) is 2.90. The highest BCUT2D eigenvalue weighted by atomic mass is 35.5. The normalized spacial score (nSPS) is 21.0. The zero-order chi connectivity index (χ0) is 11.5. The molecule has 2 nitrogen and oxygen atoms in total. The van der Waals surface area contributed by atoms with Gasteiger partial charge in [-0.05, 0) is 62.4 Å². The minimum Gasteiger partial charge on any atom is -0.506 e. The molecule has 1 saturated heterocycles. The van der Waals surface area contributed by atoms with Crippen LogP contribution in [-0.4, -0.2) is 18.2 Å². The van der Waals surface area contributed by atoms with E-state index in [1.807, 2.05) is 6.92 Å². The van der Waals surface area contributed by atoms with E-state index in [1.54, 1.807) is 6.07 Å². The van der Waals surface area contributed by atoms with Crippen LogP contribution in [-0.2, 0) is 6.42 Å². The number of phenolic OH excluding ortho intramolecular Hbond substituents is 1. The smallest absolute Gasteiger partial charge is 0.134 e. The summed E-state index contributed by atoms with van der Waals surface area (Å²) in [5.74, 6) is 0.897. The molecule has 1 heterocycles. The summed E-state index contributed by atoms with van der Waals surface area (Å²) in [6.07, 6.45) is 3.55. The Morgan fingerprint density at radius 3 is 2.94 bits per heavy atom. The van der Waals surface area contributed by atoms with E-state index in [4.69, 9.17) is 11.6 Å². The third-order valence-corrected chi connectivity index (χ3v) is 3.71. The summed E-state index contributed by atoms with van der Waals surface area (Å²) >= 11 is 5.93. The first-order chi connectivity index (χ1) is 7.66. The predicted molar refractivity (Wildman–Crippen MR) is 67.2 cm³/mol. The van der Waals surface area contributed by atoms with Crippen LogP contribution in [0.3, 0.4) is 0 Å². The second-order valence-electron chi connectivity index (χ2n) is 4.66. The van der Waals surface area contributed by atoms with E-state index in [2.05, 4.69) is 11.4 Å². The summed E-state index contributed by atoms with van der Waals surface area (Å²) < 4.78 is 0. The van der Waals surface area contributed by atoms with Crippen LogP contribution in [0.2, 0.25) is 5.02 Å². The number of rotatable bonds is 2. The summed E-state index contributed by atoms with van der Waals surface area (Å²) in [6.45, 7) is 4.16. The molecule has 0 aromatic heterocycles. The Labute approximate surface area is 102 Å². The maximum Gasteiger partial charge on any atom is 0.134 e. The van der Waals surface area contributed by atoms with Gasteiger partial charge in [0.25, 0.3) is 0 Å². The van der Waals surface area contributed by atoms with Crippen molar-refractivity contribution >= 4 is 11.6 Å². The second kappa shape index (κ2) is 5.07. The molecule has 1 aromatic rings. The quantitative estimate of drug-likeness (QED) is 0.832. The first kappa shape index (κ1) is 11.7. The molecule has 0 aliphatic carbocycles. The molecule has 2 rings (SSSR count). The highest BCUT2D eigenvalue weighted by Gasteiger charge is 2.14. The van der Waals surface area contributed by atoms with Crippen LogP contribution < -0.4 is 5.32 Å². The van der Waals surface area contributed by atoms with Crippen molar-refractivity contribution in [1.82, 2.24) is 5.32 Å². The third-order valence-electron chi connectivity index (χ3n) is 3.22. The van der Waals surface area contributed by atoms with E-state index in [9.17, 15) is 5.11 Å². The lowest BCUT2D eigenvalue weighted by atomic mass is 9.92. The molecule has 0 bridgehead atoms. The zero-order valence-electron chi connectivity index (χ0n) is 9.59. The molecule has 0 spiro atoms. The van der Waals surface area contributed by atoms with Gasteiger partial charge < -0.3 is 10.4 Å². The van der Waals surface area contributed by atoms with Crippen molar-refractivity contribution < 1.29 is 5.11 Å². The molecule has 1 aliphatic heterocycles. The van der Waals surface area contributed by atoms with Gasteiger partial charge in [-0.1, -0.05) is 17.7 Å². The lowest BCUT2D eigenvalue weighted by molar-refractivity contribution is 0.375. The minimum atomic E-state index is 0.209. The molecule has 1 aromatic carbocycles. The van der Waals surface area contributed by atoms with Gasteiger partial charge in [-0.2, -0.15) is 0 Å². The van der Waals surface area contributed by atoms with Gasteiger partial charge in [-0.25, -0.2) is 0 Å². The third kappa shape index (κ3) is 2.69. The van der Waals surface area contributed by atoms with Crippen LogP contribution in [0.15, 0.2) is 12.1 Å². The van der Waals surface area contributed by atoms with Crippen LogP contribution in [0.1, 0.15) is 24.0 Å². The number of hydrogen-bond donors (Lipinski definition) is 2. The van der Waals surface area contributed by atoms with Crippen LogP contribution >= 0.6 is 11.6 Å². The van der Waals surface area contributed by atoms with E-state index in [-0.39, 0.29) is 5.75 Å². The molecule has 1 atom stereocenters. The summed E-state index contributed by atoms with van der Waals surface area (Å²) in [5.41, 5.74) is 2.15. The molecule has 88 valence electrons. The van der Waals surface area contributed by atoms with Crippen molar-refractivity contribution in [1.29, 1.82) is 0 Å². The van der Waals surface area contributed by atoms with E-state index in [0.29, 0.717) is 10.9 Å². The minimum absolute atomic E-state index is 0.209. The summed E-state index contributed by atoms with van der Waals surface area (Å²) in [4.78, 5) is 0. The second-order valence-corrected chi connectivity index (χ2v) is 5.04. The fraction of sp³-hybridized carbons (Fsp3) is 0.538. The van der Waals surface area contributed by atoms with Crippen molar-refractivity contribution in [2.45, 2.75) is 26.2 Å². The Kier molecular flexibility index (Phi) is 3.72. The van der Waals surface area contributed by atoms with Gasteiger partial charge in [0, 0.05) is 0 Å². The number of aryl methyl sites for hydroxylation is 1. The number of piperidine rings is 1. The summed E-state index contributed by atoms with van der Waals surface area (Å²) in [7, 11) is 0. The first-order valence-corrected chi connectivity index (χ1v) is 6.23. The van der Waals surface area contributed by atoms with Gasteiger partial charge in [0.05, 0.1) is 5.02 Å². The Bertz CT molecular complexity index is 349. The maximum absolute atomic E-state index is 9.66. The fourth-order valence-corrected chi connectivity index (χ4v) is 2.48. The molecular formula is C13H18ClNO. The first-order valence-electron chi connectivity index (χ1n) is 5.85. The highest BCUT2D eigenvalue weighted by molar-refractivity contribution is 6.32. The van der Waals surface area contributed by atoms with Gasteiger partial charge in [0.2, 0.25) is 0 Å². The lowest BCUT2D eigenvalue weighted by Gasteiger charge is -2.23. The van der Waals surface area contributed by atoms with Crippen LogP contribution in [0.25, 0.3) is 0 Å². The van der Waals surface area contributed by atoms with E-state index < -0.39 is 0 Å². The van der Waals surface area contributed by atoms with E-state index >= 15 is 0 Å². The van der Waals surface area contributed by atoms with Crippen LogP contribution in [0, 0.1) is 12.8 Å². The van der Waals surface area contributed by atoms with Crippen molar-refractivity contribution in [2.75, 3.05) is 13.1 Å². The molecule has 3 heteroatoms. The van der Waals surface area contributed by atoms with Crippen molar-refractivity contribution in [3.05, 3.63) is 28.3 Å². The van der Waals surface area contributed by atoms with Gasteiger partial charge in [0.1, 0.15) is 5.75 Å². The van der Waals surface area contributed by atoms with Crippen molar-refractivity contribution in [3.63, 3.8) is 0 Å². The average molecular weight is 240 g/mol. The molecule has 2 N–H and O–H groups in total. The van der Waals surface area contributed by atoms with Gasteiger partial charge in [0.15, 0.2) is 0 Å². The number of phenols is 1. The van der Waals surface area contributed by atoms with Gasteiger partial charge in [-0.3, -0.25) is 0 Å². The van der Waals surface area contributed by atoms with Crippen molar-refractivity contribution in [2.24, 2.45) is 5.92 Å². The van der Waals surface area contributed by atoms with Crippen molar-refractivity contribution in [3.8, 4) is 5.75 Å². The SMILES string of the molecule is Cc1cc(CC2CCCNC2)cc(O)c1Cl. The molecular weight excluding hydrogens is 222 g/mol. The highest BCUT2D eigenvalue weighted by Crippen LogP contribution is 2.29. The largest absolute Gasteiger partial charge is 0.506 e. The Balaban J connectivity index is 2.09. The number of aromatic hydroxyl groups is 1. The standard InChI is InChI=1S/C13H18ClNO/c1-9-5-11(7-12(16)13(9)14)6-10-3-2-4-15-8-10/h5,7,10,15-16H,2-4,6,8H2,1H3. The molecule has 0 saturated carbocycles. The van der Waals surface area contributed by atoms with Gasteiger partial charge in [-0.15, -0.1) is 0 Å². The molecule has 1 aliphatic rings. The summed E-state index contributed by atoms with van der Waals surface area (Å²) in [6, 6.07) is 3.88. The molecule has 0 radical (unpaired) electrons.